The Morgan fingerprint density at radius 1 is 1.14 bits per heavy atom. The smallest absolute Gasteiger partial charge is 0.309 e. The van der Waals surface area contributed by atoms with Crippen LogP contribution in [0.5, 0.6) is 0 Å². The molecule has 0 aromatic carbocycles. The minimum Gasteiger partial charge on any atom is -0.347 e. The zero-order valence-corrected chi connectivity index (χ0v) is 13.2. The maximum Gasteiger partial charge on any atom is 0.309 e. The standard InChI is InChI=1S/C15H26N2O4/c1-14(2,3)17-13(19)12(18)16-9-11-10-20-15(21-11)7-5-4-6-8-15/h11H,4-10H2,1-3H3,(H,16,18)(H,17,19). The summed E-state index contributed by atoms with van der Waals surface area (Å²) in [6, 6.07) is 0. The van der Waals surface area contributed by atoms with Crippen molar-refractivity contribution in [2.75, 3.05) is 13.2 Å². The number of hydrogen-bond donors (Lipinski definition) is 2. The van der Waals surface area contributed by atoms with E-state index in [0.717, 1.165) is 25.7 Å². The summed E-state index contributed by atoms with van der Waals surface area (Å²) < 4.78 is 11.7. The summed E-state index contributed by atoms with van der Waals surface area (Å²) in [5, 5.41) is 5.24. The minimum atomic E-state index is -0.627. The van der Waals surface area contributed by atoms with Crippen molar-refractivity contribution in [3.05, 3.63) is 0 Å². The molecule has 2 rings (SSSR count). The highest BCUT2D eigenvalue weighted by atomic mass is 16.7. The molecule has 1 saturated heterocycles. The predicted molar refractivity (Wildman–Crippen MR) is 77.5 cm³/mol. The predicted octanol–water partition coefficient (Wildman–Crippen LogP) is 1.09. The highest BCUT2D eigenvalue weighted by Crippen LogP contribution is 2.37. The van der Waals surface area contributed by atoms with Crippen LogP contribution >= 0.6 is 0 Å². The summed E-state index contributed by atoms with van der Waals surface area (Å²) in [5.74, 6) is -1.69. The van der Waals surface area contributed by atoms with Crippen LogP contribution in [0.4, 0.5) is 0 Å². The number of rotatable bonds is 2. The van der Waals surface area contributed by atoms with Crippen molar-refractivity contribution in [2.45, 2.75) is 70.3 Å². The molecule has 120 valence electrons. The van der Waals surface area contributed by atoms with Gasteiger partial charge < -0.3 is 20.1 Å². The second-order valence-corrected chi connectivity index (χ2v) is 6.94. The van der Waals surface area contributed by atoms with Crippen LogP contribution < -0.4 is 10.6 Å². The van der Waals surface area contributed by atoms with Crippen LogP contribution in [0.3, 0.4) is 0 Å². The topological polar surface area (TPSA) is 76.7 Å². The van der Waals surface area contributed by atoms with Gasteiger partial charge in [0.05, 0.1) is 6.61 Å². The minimum absolute atomic E-state index is 0.172. The molecule has 1 atom stereocenters. The van der Waals surface area contributed by atoms with Gasteiger partial charge in [-0.1, -0.05) is 6.42 Å². The average molecular weight is 298 g/mol. The molecule has 0 aromatic heterocycles. The summed E-state index contributed by atoms with van der Waals surface area (Å²) >= 11 is 0. The van der Waals surface area contributed by atoms with Crippen molar-refractivity contribution in [3.8, 4) is 0 Å². The van der Waals surface area contributed by atoms with Gasteiger partial charge in [-0.15, -0.1) is 0 Å². The lowest BCUT2D eigenvalue weighted by atomic mass is 9.94. The SMILES string of the molecule is CC(C)(C)NC(=O)C(=O)NCC1COC2(CCCCC2)O1. The second-order valence-electron chi connectivity index (χ2n) is 6.94. The first kappa shape index (κ1) is 16.2. The second kappa shape index (κ2) is 6.32. The Morgan fingerprint density at radius 3 is 2.43 bits per heavy atom. The van der Waals surface area contributed by atoms with Gasteiger partial charge in [0.25, 0.3) is 0 Å². The lowest BCUT2D eigenvalue weighted by Gasteiger charge is -2.31. The number of nitrogens with one attached hydrogen (secondary N) is 2. The molecular weight excluding hydrogens is 272 g/mol. The van der Waals surface area contributed by atoms with Gasteiger partial charge in [-0.25, -0.2) is 0 Å². The zero-order valence-electron chi connectivity index (χ0n) is 13.2. The fraction of sp³-hybridized carbons (Fsp3) is 0.867. The van der Waals surface area contributed by atoms with E-state index in [0.29, 0.717) is 13.2 Å². The molecule has 6 heteroatoms. The molecule has 0 bridgehead atoms. The molecule has 2 aliphatic rings. The van der Waals surface area contributed by atoms with Crippen LogP contribution in [0.1, 0.15) is 52.9 Å². The molecule has 2 amide bonds. The average Bonchev–Trinajstić information content (AvgIpc) is 2.78. The molecule has 6 nitrogen and oxygen atoms in total. The first-order chi connectivity index (χ1) is 9.80. The maximum absolute atomic E-state index is 11.7. The molecule has 1 aliphatic carbocycles. The zero-order chi connectivity index (χ0) is 15.5. The Labute approximate surface area is 125 Å². The van der Waals surface area contributed by atoms with Gasteiger partial charge in [-0.05, 0) is 33.6 Å². The van der Waals surface area contributed by atoms with Gasteiger partial charge in [0.1, 0.15) is 6.10 Å². The molecule has 21 heavy (non-hydrogen) atoms. The Balaban J connectivity index is 1.74. The molecule has 1 aliphatic heterocycles. The first-order valence-corrected chi connectivity index (χ1v) is 7.72. The van der Waals surface area contributed by atoms with Gasteiger partial charge >= 0.3 is 11.8 Å². The molecule has 1 saturated carbocycles. The molecule has 1 unspecified atom stereocenters. The summed E-state index contributed by atoms with van der Waals surface area (Å²) in [6.45, 7) is 6.27. The highest BCUT2D eigenvalue weighted by molar-refractivity contribution is 6.35. The van der Waals surface area contributed by atoms with Crippen molar-refractivity contribution in [1.82, 2.24) is 10.6 Å². The lowest BCUT2D eigenvalue weighted by Crippen LogP contribution is -2.49. The third-order valence-electron chi connectivity index (χ3n) is 3.71. The Morgan fingerprint density at radius 2 is 1.81 bits per heavy atom. The quantitative estimate of drug-likeness (QED) is 0.748. The largest absolute Gasteiger partial charge is 0.347 e. The van der Waals surface area contributed by atoms with E-state index in [1.54, 1.807) is 0 Å². The van der Waals surface area contributed by atoms with E-state index in [4.69, 9.17) is 9.47 Å². The van der Waals surface area contributed by atoms with E-state index in [9.17, 15) is 9.59 Å². The Kier molecular flexibility index (Phi) is 4.88. The number of hydrogen-bond acceptors (Lipinski definition) is 4. The van der Waals surface area contributed by atoms with Crippen molar-refractivity contribution in [1.29, 1.82) is 0 Å². The summed E-state index contributed by atoms with van der Waals surface area (Å²) in [7, 11) is 0. The number of ether oxygens (including phenoxy) is 2. The molecule has 1 spiro atoms. The third-order valence-corrected chi connectivity index (χ3v) is 3.71. The molecule has 0 aromatic rings. The van der Waals surface area contributed by atoms with E-state index >= 15 is 0 Å². The van der Waals surface area contributed by atoms with Crippen LogP contribution in [-0.2, 0) is 19.1 Å². The highest BCUT2D eigenvalue weighted by Gasteiger charge is 2.42. The lowest BCUT2D eigenvalue weighted by molar-refractivity contribution is -0.186. The van der Waals surface area contributed by atoms with E-state index < -0.39 is 23.1 Å². The van der Waals surface area contributed by atoms with E-state index in [1.807, 2.05) is 20.8 Å². The first-order valence-electron chi connectivity index (χ1n) is 7.72. The number of amides is 2. The van der Waals surface area contributed by atoms with Crippen LogP contribution in [-0.4, -0.2) is 42.4 Å². The number of carbonyl (C=O) groups excluding carboxylic acids is 2. The fourth-order valence-electron chi connectivity index (χ4n) is 2.75. The van der Waals surface area contributed by atoms with Crippen molar-refractivity contribution in [3.63, 3.8) is 0 Å². The van der Waals surface area contributed by atoms with Crippen molar-refractivity contribution >= 4 is 11.8 Å². The molecule has 2 fully saturated rings. The fourth-order valence-corrected chi connectivity index (χ4v) is 2.75. The summed E-state index contributed by atoms with van der Waals surface area (Å²) in [4.78, 5) is 23.4. The maximum atomic E-state index is 11.7. The summed E-state index contributed by atoms with van der Waals surface area (Å²) in [5.41, 5.74) is -0.423. The van der Waals surface area contributed by atoms with E-state index in [-0.39, 0.29) is 6.10 Å². The van der Waals surface area contributed by atoms with Gasteiger partial charge in [0.2, 0.25) is 0 Å². The van der Waals surface area contributed by atoms with Crippen molar-refractivity contribution in [2.24, 2.45) is 0 Å². The Hall–Kier alpha value is -1.14. The normalized spacial score (nSPS) is 24.8. The van der Waals surface area contributed by atoms with Gasteiger partial charge in [-0.2, -0.15) is 0 Å². The summed E-state index contributed by atoms with van der Waals surface area (Å²) in [6.07, 6.45) is 5.13. The van der Waals surface area contributed by atoms with Crippen LogP contribution in [0.25, 0.3) is 0 Å². The Bertz CT molecular complexity index is 397. The van der Waals surface area contributed by atoms with Gasteiger partial charge in [0.15, 0.2) is 5.79 Å². The van der Waals surface area contributed by atoms with Crippen LogP contribution in [0, 0.1) is 0 Å². The molecule has 0 radical (unpaired) electrons. The van der Waals surface area contributed by atoms with Gasteiger partial charge in [0, 0.05) is 24.9 Å². The van der Waals surface area contributed by atoms with E-state index in [1.165, 1.54) is 6.42 Å². The number of carbonyl (C=O) groups is 2. The monoisotopic (exact) mass is 298 g/mol. The van der Waals surface area contributed by atoms with E-state index in [2.05, 4.69) is 10.6 Å². The molecular formula is C15H26N2O4. The van der Waals surface area contributed by atoms with Crippen LogP contribution in [0.2, 0.25) is 0 Å². The van der Waals surface area contributed by atoms with Gasteiger partial charge in [-0.3, -0.25) is 9.59 Å². The molecule has 2 N–H and O–H groups in total. The van der Waals surface area contributed by atoms with Crippen LogP contribution in [0.15, 0.2) is 0 Å². The molecule has 1 heterocycles. The third kappa shape index (κ3) is 4.68. The van der Waals surface area contributed by atoms with Crippen molar-refractivity contribution < 1.29 is 19.1 Å².